The van der Waals surface area contributed by atoms with Gasteiger partial charge >= 0.3 is 0 Å². The smallest absolute Gasteiger partial charge is 0.249 e. The Labute approximate surface area is 103 Å². The third-order valence-corrected chi connectivity index (χ3v) is 2.54. The summed E-state index contributed by atoms with van der Waals surface area (Å²) in [5, 5.41) is 0. The van der Waals surface area contributed by atoms with Crippen molar-refractivity contribution in [3.63, 3.8) is 0 Å². The second kappa shape index (κ2) is 4.79. The second-order valence-electron chi connectivity index (χ2n) is 3.72. The Balaban J connectivity index is 2.58. The molecule has 0 aliphatic rings. The number of amides is 1. The Hall–Kier alpha value is -2.49. The monoisotopic (exact) mass is 243 g/mol. The van der Waals surface area contributed by atoms with Gasteiger partial charge in [0, 0.05) is 5.56 Å². The highest BCUT2D eigenvalue weighted by atomic mass is 19.1. The molecule has 4 heteroatoms. The van der Waals surface area contributed by atoms with Crippen LogP contribution in [0.15, 0.2) is 48.5 Å². The van der Waals surface area contributed by atoms with E-state index in [2.05, 4.69) is 0 Å². The summed E-state index contributed by atoms with van der Waals surface area (Å²) in [4.78, 5) is 23.4. The average molecular weight is 243 g/mol. The summed E-state index contributed by atoms with van der Waals surface area (Å²) in [7, 11) is 0. The molecule has 0 radical (unpaired) electrons. The van der Waals surface area contributed by atoms with Crippen LogP contribution < -0.4 is 5.73 Å². The molecule has 2 rings (SSSR count). The van der Waals surface area contributed by atoms with Gasteiger partial charge in [0.2, 0.25) is 5.91 Å². The lowest BCUT2D eigenvalue weighted by atomic mass is 9.97. The van der Waals surface area contributed by atoms with Gasteiger partial charge < -0.3 is 5.73 Å². The molecule has 0 atom stereocenters. The molecule has 18 heavy (non-hydrogen) atoms. The van der Waals surface area contributed by atoms with Crippen molar-refractivity contribution in [1.29, 1.82) is 0 Å². The summed E-state index contributed by atoms with van der Waals surface area (Å²) in [5.74, 6) is -2.13. The van der Waals surface area contributed by atoms with Crippen molar-refractivity contribution in [2.24, 2.45) is 5.73 Å². The van der Waals surface area contributed by atoms with Crippen molar-refractivity contribution < 1.29 is 14.0 Å². The number of carbonyl (C=O) groups is 2. The summed E-state index contributed by atoms with van der Waals surface area (Å²) in [5.41, 5.74) is 5.06. The molecule has 0 saturated heterocycles. The summed E-state index contributed by atoms with van der Waals surface area (Å²) < 4.78 is 13.7. The van der Waals surface area contributed by atoms with Crippen LogP contribution in [0.3, 0.4) is 0 Å². The molecule has 1 amide bonds. The first-order valence-corrected chi connectivity index (χ1v) is 5.29. The van der Waals surface area contributed by atoms with E-state index in [0.717, 1.165) is 6.07 Å². The SMILES string of the molecule is NC(=O)c1cccc(F)c1C(=O)c1ccccc1. The Kier molecular flexibility index (Phi) is 3.19. The number of rotatable bonds is 3. The summed E-state index contributed by atoms with van der Waals surface area (Å²) in [6.45, 7) is 0. The molecule has 0 bridgehead atoms. The fraction of sp³-hybridized carbons (Fsp3) is 0. The van der Waals surface area contributed by atoms with Crippen LogP contribution in [0.2, 0.25) is 0 Å². The van der Waals surface area contributed by atoms with E-state index in [4.69, 9.17) is 5.73 Å². The summed E-state index contributed by atoms with van der Waals surface area (Å²) in [6, 6.07) is 12.0. The van der Waals surface area contributed by atoms with Gasteiger partial charge in [0.1, 0.15) is 5.82 Å². The Bertz CT molecular complexity index is 608. The minimum Gasteiger partial charge on any atom is -0.366 e. The summed E-state index contributed by atoms with van der Waals surface area (Å²) in [6.07, 6.45) is 0. The summed E-state index contributed by atoms with van der Waals surface area (Å²) >= 11 is 0. The van der Waals surface area contributed by atoms with E-state index in [-0.39, 0.29) is 11.1 Å². The number of ketones is 1. The van der Waals surface area contributed by atoms with Gasteiger partial charge in [0.05, 0.1) is 11.1 Å². The molecule has 0 heterocycles. The number of hydrogen-bond acceptors (Lipinski definition) is 2. The van der Waals surface area contributed by atoms with Crippen LogP contribution in [-0.4, -0.2) is 11.7 Å². The molecular formula is C14H10FNO2. The molecule has 2 N–H and O–H groups in total. The molecule has 0 aliphatic carbocycles. The second-order valence-corrected chi connectivity index (χ2v) is 3.72. The lowest BCUT2D eigenvalue weighted by Crippen LogP contribution is -2.18. The van der Waals surface area contributed by atoms with Gasteiger partial charge in [-0.15, -0.1) is 0 Å². The van der Waals surface area contributed by atoms with E-state index in [1.807, 2.05) is 0 Å². The van der Waals surface area contributed by atoms with Gasteiger partial charge in [-0.1, -0.05) is 36.4 Å². The first-order chi connectivity index (χ1) is 8.61. The Morgan fingerprint density at radius 3 is 2.22 bits per heavy atom. The highest BCUT2D eigenvalue weighted by Gasteiger charge is 2.20. The van der Waals surface area contributed by atoms with Gasteiger partial charge in [-0.3, -0.25) is 9.59 Å². The van der Waals surface area contributed by atoms with Crippen LogP contribution in [0.25, 0.3) is 0 Å². The maximum absolute atomic E-state index is 13.7. The van der Waals surface area contributed by atoms with Crippen LogP contribution >= 0.6 is 0 Å². The number of primary amides is 1. The fourth-order valence-corrected chi connectivity index (χ4v) is 1.69. The normalized spacial score (nSPS) is 10.1. The Morgan fingerprint density at radius 2 is 1.61 bits per heavy atom. The molecule has 0 saturated carbocycles. The van der Waals surface area contributed by atoms with E-state index in [0.29, 0.717) is 5.56 Å². The zero-order valence-electron chi connectivity index (χ0n) is 9.39. The zero-order chi connectivity index (χ0) is 13.1. The average Bonchev–Trinajstić information content (AvgIpc) is 2.38. The van der Waals surface area contributed by atoms with Crippen molar-refractivity contribution in [1.82, 2.24) is 0 Å². The van der Waals surface area contributed by atoms with Crippen molar-refractivity contribution in [3.8, 4) is 0 Å². The van der Waals surface area contributed by atoms with Crippen LogP contribution in [0, 0.1) is 5.82 Å². The molecule has 0 fully saturated rings. The largest absolute Gasteiger partial charge is 0.366 e. The van der Waals surface area contributed by atoms with Gasteiger partial charge in [-0.2, -0.15) is 0 Å². The maximum atomic E-state index is 13.7. The van der Waals surface area contributed by atoms with Crippen molar-refractivity contribution in [3.05, 3.63) is 71.0 Å². The number of hydrogen-bond donors (Lipinski definition) is 1. The fourth-order valence-electron chi connectivity index (χ4n) is 1.69. The minimum atomic E-state index is -0.825. The molecular weight excluding hydrogens is 233 g/mol. The van der Waals surface area contributed by atoms with Gasteiger partial charge in [-0.25, -0.2) is 4.39 Å². The molecule has 0 aromatic heterocycles. The van der Waals surface area contributed by atoms with Crippen molar-refractivity contribution in [2.75, 3.05) is 0 Å². The molecule has 90 valence electrons. The molecule has 2 aromatic rings. The maximum Gasteiger partial charge on any atom is 0.249 e. The number of halogens is 1. The minimum absolute atomic E-state index is 0.108. The third kappa shape index (κ3) is 2.13. The van der Waals surface area contributed by atoms with E-state index in [9.17, 15) is 14.0 Å². The molecule has 2 aromatic carbocycles. The molecule has 0 aliphatic heterocycles. The zero-order valence-corrected chi connectivity index (χ0v) is 9.39. The first-order valence-electron chi connectivity index (χ1n) is 5.29. The lowest BCUT2D eigenvalue weighted by molar-refractivity contribution is 0.0978. The van der Waals surface area contributed by atoms with E-state index in [1.54, 1.807) is 30.3 Å². The number of carbonyl (C=O) groups excluding carboxylic acids is 2. The highest BCUT2D eigenvalue weighted by Crippen LogP contribution is 2.18. The number of nitrogens with two attached hydrogens (primary N) is 1. The Morgan fingerprint density at radius 1 is 0.944 bits per heavy atom. The molecule has 0 unspecified atom stereocenters. The third-order valence-electron chi connectivity index (χ3n) is 2.54. The quantitative estimate of drug-likeness (QED) is 0.840. The predicted octanol–water partition coefficient (Wildman–Crippen LogP) is 2.16. The standard InChI is InChI=1S/C14H10FNO2/c15-11-8-4-7-10(14(16)18)12(11)13(17)9-5-2-1-3-6-9/h1-8H,(H2,16,18). The van der Waals surface area contributed by atoms with Crippen molar-refractivity contribution >= 4 is 11.7 Å². The van der Waals surface area contributed by atoms with E-state index >= 15 is 0 Å². The highest BCUT2D eigenvalue weighted by molar-refractivity contribution is 6.15. The van der Waals surface area contributed by atoms with Crippen LogP contribution in [0.5, 0.6) is 0 Å². The lowest BCUT2D eigenvalue weighted by Gasteiger charge is -2.07. The van der Waals surface area contributed by atoms with E-state index < -0.39 is 17.5 Å². The van der Waals surface area contributed by atoms with Gasteiger partial charge in [-0.05, 0) is 12.1 Å². The topological polar surface area (TPSA) is 60.2 Å². The predicted molar refractivity (Wildman–Crippen MR) is 64.8 cm³/mol. The van der Waals surface area contributed by atoms with Crippen molar-refractivity contribution in [2.45, 2.75) is 0 Å². The molecule has 3 nitrogen and oxygen atoms in total. The van der Waals surface area contributed by atoms with Crippen LogP contribution in [0.4, 0.5) is 4.39 Å². The van der Waals surface area contributed by atoms with Gasteiger partial charge in [0.25, 0.3) is 0 Å². The molecule has 0 spiro atoms. The number of benzene rings is 2. The first kappa shape index (κ1) is 12.0. The van der Waals surface area contributed by atoms with Gasteiger partial charge in [0.15, 0.2) is 5.78 Å². The van der Waals surface area contributed by atoms with Crippen LogP contribution in [0.1, 0.15) is 26.3 Å². The van der Waals surface area contributed by atoms with E-state index in [1.165, 1.54) is 12.1 Å². The van der Waals surface area contributed by atoms with Crippen LogP contribution in [-0.2, 0) is 0 Å².